The molecule has 4 heteroatoms. The van der Waals surface area contributed by atoms with E-state index >= 15 is 0 Å². The van der Waals surface area contributed by atoms with Gasteiger partial charge in [0.2, 0.25) is 0 Å². The summed E-state index contributed by atoms with van der Waals surface area (Å²) < 4.78 is 16.3. The second-order valence-corrected chi connectivity index (χ2v) is 4.98. The summed E-state index contributed by atoms with van der Waals surface area (Å²) in [5, 5.41) is 0. The summed E-state index contributed by atoms with van der Waals surface area (Å²) in [7, 11) is 3.22. The minimum Gasteiger partial charge on any atom is -0.496 e. The van der Waals surface area contributed by atoms with Crippen LogP contribution in [0.25, 0.3) is 0 Å². The fraction of sp³-hybridized carbons (Fsp3) is 0.294. The summed E-state index contributed by atoms with van der Waals surface area (Å²) >= 11 is 0. The smallest absolute Gasteiger partial charge is 0.134 e. The van der Waals surface area contributed by atoms with Crippen molar-refractivity contribution >= 4 is 0 Å². The summed E-state index contributed by atoms with van der Waals surface area (Å²) in [6.45, 7) is 1.99. The van der Waals surface area contributed by atoms with Crippen molar-refractivity contribution in [3.63, 3.8) is 0 Å². The van der Waals surface area contributed by atoms with Crippen molar-refractivity contribution < 1.29 is 14.2 Å². The molecular formula is C17H21NO3. The summed E-state index contributed by atoms with van der Waals surface area (Å²) in [6.07, 6.45) is 0.854. The van der Waals surface area contributed by atoms with Gasteiger partial charge in [-0.1, -0.05) is 12.1 Å². The summed E-state index contributed by atoms with van der Waals surface area (Å²) in [5.41, 5.74) is 6.99. The van der Waals surface area contributed by atoms with Crippen LogP contribution in [0.2, 0.25) is 0 Å². The first-order valence-corrected chi connectivity index (χ1v) is 6.86. The van der Waals surface area contributed by atoms with Gasteiger partial charge in [-0.05, 0) is 31.0 Å². The van der Waals surface area contributed by atoms with Gasteiger partial charge in [0.1, 0.15) is 23.0 Å². The Bertz CT molecular complexity index is 557. The number of ether oxygens (including phenoxy) is 3. The van der Waals surface area contributed by atoms with Crippen LogP contribution < -0.4 is 19.9 Å². The molecule has 2 aromatic carbocycles. The predicted octanol–water partition coefficient (Wildman–Crippen LogP) is 3.39. The fourth-order valence-electron chi connectivity index (χ4n) is 2.04. The lowest BCUT2D eigenvalue weighted by Crippen LogP contribution is -2.17. The minimum atomic E-state index is 0.152. The Morgan fingerprint density at radius 1 is 0.857 bits per heavy atom. The third-order valence-electron chi connectivity index (χ3n) is 3.04. The molecule has 0 aromatic heterocycles. The maximum Gasteiger partial charge on any atom is 0.134 e. The Labute approximate surface area is 125 Å². The van der Waals surface area contributed by atoms with E-state index in [-0.39, 0.29) is 6.04 Å². The van der Waals surface area contributed by atoms with Gasteiger partial charge in [-0.3, -0.25) is 0 Å². The van der Waals surface area contributed by atoms with Gasteiger partial charge in [-0.2, -0.15) is 0 Å². The molecule has 2 rings (SSSR count). The maximum atomic E-state index is 5.83. The molecule has 0 aliphatic rings. The zero-order chi connectivity index (χ0) is 15.2. The van der Waals surface area contributed by atoms with Gasteiger partial charge in [0.25, 0.3) is 0 Å². The highest BCUT2D eigenvalue weighted by molar-refractivity contribution is 5.44. The van der Waals surface area contributed by atoms with Crippen molar-refractivity contribution in [2.24, 2.45) is 5.73 Å². The third-order valence-corrected chi connectivity index (χ3v) is 3.04. The van der Waals surface area contributed by atoms with Gasteiger partial charge in [0, 0.05) is 24.2 Å². The first-order valence-electron chi connectivity index (χ1n) is 6.86. The van der Waals surface area contributed by atoms with Crippen molar-refractivity contribution in [3.8, 4) is 23.0 Å². The summed E-state index contributed by atoms with van der Waals surface area (Å²) in [6, 6.07) is 13.5. The van der Waals surface area contributed by atoms with Crippen LogP contribution in [-0.4, -0.2) is 20.3 Å². The predicted molar refractivity (Wildman–Crippen MR) is 83.4 cm³/mol. The molecule has 0 saturated carbocycles. The molecule has 2 aromatic rings. The molecule has 4 nitrogen and oxygen atoms in total. The number of benzene rings is 2. The van der Waals surface area contributed by atoms with Crippen molar-refractivity contribution in [2.45, 2.75) is 19.4 Å². The summed E-state index contributed by atoms with van der Waals surface area (Å²) in [4.78, 5) is 0. The van der Waals surface area contributed by atoms with E-state index in [1.807, 2.05) is 43.3 Å². The van der Waals surface area contributed by atoms with Crippen LogP contribution in [0.5, 0.6) is 23.0 Å². The Balaban J connectivity index is 2.14. The van der Waals surface area contributed by atoms with Crippen molar-refractivity contribution in [3.05, 3.63) is 48.0 Å². The first-order chi connectivity index (χ1) is 10.1. The Kier molecular flexibility index (Phi) is 5.06. The van der Waals surface area contributed by atoms with Crippen LogP contribution in [-0.2, 0) is 6.42 Å². The monoisotopic (exact) mass is 287 g/mol. The van der Waals surface area contributed by atoms with E-state index in [1.165, 1.54) is 5.56 Å². The highest BCUT2D eigenvalue weighted by atomic mass is 16.5. The van der Waals surface area contributed by atoms with Gasteiger partial charge in [0.05, 0.1) is 14.2 Å². The van der Waals surface area contributed by atoms with Crippen molar-refractivity contribution in [1.29, 1.82) is 0 Å². The van der Waals surface area contributed by atoms with Crippen LogP contribution in [0, 0.1) is 0 Å². The molecule has 112 valence electrons. The van der Waals surface area contributed by atoms with E-state index < -0.39 is 0 Å². The molecule has 0 radical (unpaired) electrons. The second kappa shape index (κ2) is 6.99. The molecule has 0 amide bonds. The van der Waals surface area contributed by atoms with Crippen LogP contribution in [0.1, 0.15) is 12.5 Å². The van der Waals surface area contributed by atoms with Crippen LogP contribution in [0.15, 0.2) is 42.5 Å². The molecule has 21 heavy (non-hydrogen) atoms. The minimum absolute atomic E-state index is 0.152. The largest absolute Gasteiger partial charge is 0.496 e. The van der Waals surface area contributed by atoms with Gasteiger partial charge in [0.15, 0.2) is 0 Å². The molecular weight excluding hydrogens is 266 g/mol. The van der Waals surface area contributed by atoms with Crippen molar-refractivity contribution in [1.82, 2.24) is 0 Å². The zero-order valence-corrected chi connectivity index (χ0v) is 12.6. The molecule has 0 aliphatic heterocycles. The SMILES string of the molecule is COc1cc(OC)cc(Oc2ccc(CC(C)N)cc2)c1. The molecule has 0 bridgehead atoms. The molecule has 1 unspecified atom stereocenters. The first kappa shape index (κ1) is 15.2. The lowest BCUT2D eigenvalue weighted by atomic mass is 10.1. The van der Waals surface area contributed by atoms with Crippen LogP contribution in [0.4, 0.5) is 0 Å². The van der Waals surface area contributed by atoms with E-state index in [4.69, 9.17) is 19.9 Å². The molecule has 0 aliphatic carbocycles. The van der Waals surface area contributed by atoms with E-state index in [9.17, 15) is 0 Å². The zero-order valence-electron chi connectivity index (χ0n) is 12.6. The lowest BCUT2D eigenvalue weighted by Gasteiger charge is -2.11. The van der Waals surface area contributed by atoms with Crippen LogP contribution in [0.3, 0.4) is 0 Å². The molecule has 1 atom stereocenters. The molecule has 2 N–H and O–H groups in total. The normalized spacial score (nSPS) is 11.8. The lowest BCUT2D eigenvalue weighted by molar-refractivity contribution is 0.386. The number of methoxy groups -OCH3 is 2. The average molecular weight is 287 g/mol. The third kappa shape index (κ3) is 4.39. The Hall–Kier alpha value is -2.20. The Morgan fingerprint density at radius 3 is 1.86 bits per heavy atom. The van der Waals surface area contributed by atoms with E-state index in [0.29, 0.717) is 17.2 Å². The fourth-order valence-corrected chi connectivity index (χ4v) is 2.04. The average Bonchev–Trinajstić information content (AvgIpc) is 2.48. The second-order valence-electron chi connectivity index (χ2n) is 4.98. The van der Waals surface area contributed by atoms with Crippen LogP contribution >= 0.6 is 0 Å². The Morgan fingerprint density at radius 2 is 1.38 bits per heavy atom. The molecule has 0 saturated heterocycles. The van der Waals surface area contributed by atoms with E-state index in [2.05, 4.69) is 0 Å². The molecule has 0 spiro atoms. The van der Waals surface area contributed by atoms with Gasteiger partial charge in [-0.25, -0.2) is 0 Å². The highest BCUT2D eigenvalue weighted by Gasteiger charge is 2.05. The number of nitrogens with two attached hydrogens (primary N) is 1. The standard InChI is InChI=1S/C17H21NO3/c1-12(18)8-13-4-6-14(7-5-13)21-17-10-15(19-2)9-16(11-17)20-3/h4-7,9-12H,8,18H2,1-3H3. The number of hydrogen-bond donors (Lipinski definition) is 1. The highest BCUT2D eigenvalue weighted by Crippen LogP contribution is 2.30. The number of hydrogen-bond acceptors (Lipinski definition) is 4. The quantitative estimate of drug-likeness (QED) is 0.885. The van der Waals surface area contributed by atoms with Gasteiger partial charge >= 0.3 is 0 Å². The van der Waals surface area contributed by atoms with Crippen molar-refractivity contribution in [2.75, 3.05) is 14.2 Å². The van der Waals surface area contributed by atoms with Gasteiger partial charge < -0.3 is 19.9 Å². The maximum absolute atomic E-state index is 5.83. The molecule has 0 fully saturated rings. The van der Waals surface area contributed by atoms with Gasteiger partial charge in [-0.15, -0.1) is 0 Å². The van der Waals surface area contributed by atoms with E-state index in [0.717, 1.165) is 12.2 Å². The topological polar surface area (TPSA) is 53.7 Å². The summed E-state index contributed by atoms with van der Waals surface area (Å²) in [5.74, 6) is 2.82. The molecule has 0 heterocycles. The van der Waals surface area contributed by atoms with E-state index in [1.54, 1.807) is 20.3 Å². The number of rotatable bonds is 6.